The molecule has 3 aromatic rings. The van der Waals surface area contributed by atoms with Gasteiger partial charge < -0.3 is 69.3 Å². The zero-order valence-electron chi connectivity index (χ0n) is 23.7. The van der Waals surface area contributed by atoms with Crippen LogP contribution in [0.1, 0.15) is 0 Å². The number of ether oxygens (including phenoxy) is 4. The van der Waals surface area contributed by atoms with E-state index in [0.717, 1.165) is 12.1 Å². The molecule has 2 aliphatic rings. The number of rotatable bonds is 9. The average Bonchev–Trinajstić information content (AvgIpc) is 3.00. The Balaban J connectivity index is 1.41. The summed E-state index contributed by atoms with van der Waals surface area (Å²) in [6, 6.07) is 7.06. The minimum absolute atomic E-state index is 0.141. The lowest BCUT2D eigenvalue weighted by atomic mass is 9.98. The number of fused-ring (bicyclic) bond motifs is 1. The van der Waals surface area contributed by atoms with Gasteiger partial charge in [-0.3, -0.25) is 9.35 Å². The van der Waals surface area contributed by atoms with Gasteiger partial charge in [0, 0.05) is 17.7 Å². The summed E-state index contributed by atoms with van der Waals surface area (Å²) in [5, 5.41) is 92.0. The van der Waals surface area contributed by atoms with Gasteiger partial charge in [-0.1, -0.05) is 0 Å². The Morgan fingerprint density at radius 2 is 1.30 bits per heavy atom. The molecule has 2 aromatic carbocycles. The van der Waals surface area contributed by atoms with Crippen LogP contribution in [-0.2, 0) is 28.8 Å². The molecule has 3 heterocycles. The van der Waals surface area contributed by atoms with Crippen molar-refractivity contribution in [2.24, 2.45) is 0 Å². The van der Waals surface area contributed by atoms with Gasteiger partial charge in [-0.25, -0.2) is 4.18 Å². The molecule has 47 heavy (non-hydrogen) atoms. The minimum atomic E-state index is -4.98. The highest BCUT2D eigenvalue weighted by atomic mass is 32.3. The molecular formula is C27H30O19S. The van der Waals surface area contributed by atoms with E-state index in [9.17, 15) is 59.2 Å². The maximum Gasteiger partial charge on any atom is 0.397 e. The van der Waals surface area contributed by atoms with E-state index in [1.807, 2.05) is 0 Å². The summed E-state index contributed by atoms with van der Waals surface area (Å²) in [5.74, 6) is -2.27. The van der Waals surface area contributed by atoms with Gasteiger partial charge in [0.2, 0.25) is 17.5 Å². The fourth-order valence-electron chi connectivity index (χ4n) is 4.98. The third-order valence-corrected chi connectivity index (χ3v) is 7.86. The van der Waals surface area contributed by atoms with Crippen LogP contribution in [0.15, 0.2) is 45.6 Å². The molecule has 2 saturated heterocycles. The topological polar surface area (TPSA) is 313 Å². The molecule has 0 bridgehead atoms. The van der Waals surface area contributed by atoms with E-state index in [4.69, 9.17) is 27.9 Å². The molecule has 5 rings (SSSR count). The summed E-state index contributed by atoms with van der Waals surface area (Å²) in [5.41, 5.74) is -1.14. The van der Waals surface area contributed by atoms with E-state index < -0.39 is 113 Å². The van der Waals surface area contributed by atoms with Gasteiger partial charge in [0.25, 0.3) is 0 Å². The Labute approximate surface area is 263 Å². The second-order valence-electron chi connectivity index (χ2n) is 10.7. The lowest BCUT2D eigenvalue weighted by Gasteiger charge is -2.42. The molecule has 20 heteroatoms. The van der Waals surface area contributed by atoms with Crippen LogP contribution < -0.4 is 10.2 Å². The zero-order valence-corrected chi connectivity index (χ0v) is 24.5. The number of hydrogen-bond acceptors (Lipinski definition) is 18. The van der Waals surface area contributed by atoms with Crippen LogP contribution in [-0.4, -0.2) is 134 Å². The van der Waals surface area contributed by atoms with Crippen molar-refractivity contribution in [3.63, 3.8) is 0 Å². The fraction of sp³-hybridized carbons (Fsp3) is 0.444. The van der Waals surface area contributed by atoms with Crippen LogP contribution in [0, 0.1) is 0 Å². The largest absolute Gasteiger partial charge is 0.508 e. The van der Waals surface area contributed by atoms with Crippen LogP contribution >= 0.6 is 0 Å². The molecule has 0 amide bonds. The minimum Gasteiger partial charge on any atom is -0.508 e. The lowest BCUT2D eigenvalue weighted by Crippen LogP contribution is -2.62. The number of phenols is 3. The third-order valence-electron chi connectivity index (χ3n) is 7.42. The number of benzene rings is 2. The Hall–Kier alpha value is -3.64. The summed E-state index contributed by atoms with van der Waals surface area (Å²) in [6.45, 7) is -1.78. The highest BCUT2D eigenvalue weighted by Crippen LogP contribution is 2.37. The van der Waals surface area contributed by atoms with Gasteiger partial charge in [0.15, 0.2) is 12.1 Å². The van der Waals surface area contributed by atoms with E-state index in [-0.39, 0.29) is 22.7 Å². The molecule has 10 atom stereocenters. The molecule has 258 valence electrons. The Morgan fingerprint density at radius 1 is 0.723 bits per heavy atom. The Morgan fingerprint density at radius 3 is 1.91 bits per heavy atom. The summed E-state index contributed by atoms with van der Waals surface area (Å²) in [4.78, 5) is 13.6. The predicted molar refractivity (Wildman–Crippen MR) is 150 cm³/mol. The molecule has 1 aromatic heterocycles. The van der Waals surface area contributed by atoms with Crippen molar-refractivity contribution in [1.82, 2.24) is 0 Å². The molecule has 10 unspecified atom stereocenters. The number of aromatic hydroxyl groups is 3. The summed E-state index contributed by atoms with van der Waals surface area (Å²) < 4.78 is 62.5. The first-order valence-corrected chi connectivity index (χ1v) is 15.0. The van der Waals surface area contributed by atoms with Crippen LogP contribution in [0.5, 0.6) is 23.0 Å². The summed E-state index contributed by atoms with van der Waals surface area (Å²) in [6.07, 6.45) is -18.7. The molecule has 0 spiro atoms. The third kappa shape index (κ3) is 7.28. The van der Waals surface area contributed by atoms with E-state index in [0.29, 0.717) is 0 Å². The highest BCUT2D eigenvalue weighted by molar-refractivity contribution is 7.80. The van der Waals surface area contributed by atoms with Crippen LogP contribution in [0.4, 0.5) is 0 Å². The molecule has 0 aliphatic carbocycles. The van der Waals surface area contributed by atoms with Gasteiger partial charge in [-0.2, -0.15) is 8.42 Å². The van der Waals surface area contributed by atoms with E-state index >= 15 is 0 Å². The van der Waals surface area contributed by atoms with Crippen molar-refractivity contribution in [3.8, 4) is 34.3 Å². The van der Waals surface area contributed by atoms with E-state index in [1.165, 1.54) is 24.3 Å². The summed E-state index contributed by atoms with van der Waals surface area (Å²) >= 11 is 0. The second-order valence-corrected chi connectivity index (χ2v) is 11.8. The maximum atomic E-state index is 13.6. The van der Waals surface area contributed by atoms with E-state index in [2.05, 4.69) is 4.18 Å². The lowest BCUT2D eigenvalue weighted by molar-refractivity contribution is -0.322. The monoisotopic (exact) mass is 690 g/mol. The number of aliphatic hydroxyl groups is 6. The van der Waals surface area contributed by atoms with Crippen LogP contribution in [0.2, 0.25) is 0 Å². The van der Waals surface area contributed by atoms with Gasteiger partial charge in [0.1, 0.15) is 77.0 Å². The molecule has 0 radical (unpaired) electrons. The van der Waals surface area contributed by atoms with Gasteiger partial charge in [-0.15, -0.1) is 0 Å². The van der Waals surface area contributed by atoms with Crippen molar-refractivity contribution in [3.05, 3.63) is 46.6 Å². The molecule has 10 N–H and O–H groups in total. The SMILES string of the molecule is O=c1c(OC2OC(COC3OC(COS(=O)(=O)O)C(O)C(O)C3O)C(O)C(O)C2O)c(-c2ccc(O)cc2)oc2cc(O)cc(O)c12. The number of hydrogen-bond donors (Lipinski definition) is 10. The number of aliphatic hydroxyl groups excluding tert-OH is 6. The average molecular weight is 691 g/mol. The fourth-order valence-corrected chi connectivity index (χ4v) is 5.29. The molecule has 2 fully saturated rings. The normalized spacial score (nSPS) is 31.6. The van der Waals surface area contributed by atoms with Crippen molar-refractivity contribution in [1.29, 1.82) is 0 Å². The van der Waals surface area contributed by atoms with Gasteiger partial charge in [-0.05, 0) is 24.3 Å². The quantitative estimate of drug-likeness (QED) is 0.103. The first-order chi connectivity index (χ1) is 22.1. The Bertz CT molecular complexity index is 1740. The summed E-state index contributed by atoms with van der Waals surface area (Å²) in [7, 11) is -4.98. The van der Waals surface area contributed by atoms with Crippen molar-refractivity contribution in [2.75, 3.05) is 13.2 Å². The van der Waals surface area contributed by atoms with E-state index in [1.54, 1.807) is 0 Å². The molecule has 19 nitrogen and oxygen atoms in total. The molecular weight excluding hydrogens is 660 g/mol. The first-order valence-electron chi connectivity index (χ1n) is 13.7. The standard InChI is InChI=1S/C27H30O19S/c28-10-3-1-9(2-4-10)24-25(19(33)16-12(30)5-11(29)6-13(16)43-24)46-27-23(37)21(35)17(31)14(45-27)7-41-26-22(36)20(34)18(32)15(44-26)8-42-47(38,39)40/h1-6,14-15,17-18,20-23,26-32,34-37H,7-8H2,(H,38,39,40). The predicted octanol–water partition coefficient (Wildman–Crippen LogP) is -2.59. The smallest absolute Gasteiger partial charge is 0.397 e. The first kappa shape index (κ1) is 34.7. The molecule has 2 aliphatic heterocycles. The number of phenolic OH excluding ortho intramolecular Hbond substituents is 3. The second kappa shape index (κ2) is 13.5. The van der Waals surface area contributed by atoms with Crippen molar-refractivity contribution in [2.45, 2.75) is 61.4 Å². The van der Waals surface area contributed by atoms with Crippen LogP contribution in [0.25, 0.3) is 22.3 Å². The van der Waals surface area contributed by atoms with Gasteiger partial charge >= 0.3 is 10.4 Å². The van der Waals surface area contributed by atoms with Gasteiger partial charge in [0.05, 0.1) is 13.2 Å². The Kier molecular flexibility index (Phi) is 9.94. The van der Waals surface area contributed by atoms with Crippen molar-refractivity contribution < 1.29 is 86.5 Å². The highest BCUT2D eigenvalue weighted by Gasteiger charge is 2.48. The zero-order chi connectivity index (χ0) is 34.4. The van der Waals surface area contributed by atoms with Crippen LogP contribution in [0.3, 0.4) is 0 Å². The van der Waals surface area contributed by atoms with Crippen molar-refractivity contribution >= 4 is 21.4 Å². The molecule has 0 saturated carbocycles. The maximum absolute atomic E-state index is 13.6.